The third kappa shape index (κ3) is 3.16. The number of halogens is 1. The molecule has 2 aromatic heterocycles. The summed E-state index contributed by atoms with van der Waals surface area (Å²) in [4.78, 5) is 11.4. The van der Waals surface area contributed by atoms with Gasteiger partial charge in [-0.25, -0.2) is 4.39 Å². The minimum atomic E-state index is -0.381. The first-order valence-corrected chi connectivity index (χ1v) is 7.91. The number of aromatic nitrogens is 4. The summed E-state index contributed by atoms with van der Waals surface area (Å²) < 4.78 is 14.9. The van der Waals surface area contributed by atoms with Crippen LogP contribution in [-0.2, 0) is 4.79 Å². The first-order chi connectivity index (χ1) is 11.1. The minimum absolute atomic E-state index is 0.353. The number of hydrogen-bond donors (Lipinski definition) is 1. The summed E-state index contributed by atoms with van der Waals surface area (Å²) in [6.45, 7) is 1.89. The van der Waals surface area contributed by atoms with Gasteiger partial charge in [0.05, 0.1) is 5.25 Å². The largest absolute Gasteiger partial charge is 0.369 e. The van der Waals surface area contributed by atoms with Crippen LogP contribution in [0.25, 0.3) is 17.0 Å². The summed E-state index contributed by atoms with van der Waals surface area (Å²) in [5.41, 5.74) is 6.48. The number of amides is 1. The molecule has 6 nitrogen and oxygen atoms in total. The SMILES string of the molecule is CCC(Sc1ccc2nnc(-c3cccc(F)c3)n2n1)C(N)=O. The summed E-state index contributed by atoms with van der Waals surface area (Å²) in [5.74, 6) is -0.299. The molecule has 23 heavy (non-hydrogen) atoms. The van der Waals surface area contributed by atoms with E-state index in [1.165, 1.54) is 28.4 Å². The number of hydrogen-bond acceptors (Lipinski definition) is 5. The van der Waals surface area contributed by atoms with Crippen molar-refractivity contribution < 1.29 is 9.18 Å². The molecule has 0 fully saturated rings. The second-order valence-corrected chi connectivity index (χ2v) is 6.12. The van der Waals surface area contributed by atoms with Crippen molar-refractivity contribution in [2.45, 2.75) is 23.6 Å². The zero-order chi connectivity index (χ0) is 16.4. The van der Waals surface area contributed by atoms with E-state index < -0.39 is 0 Å². The minimum Gasteiger partial charge on any atom is -0.369 e. The highest BCUT2D eigenvalue weighted by atomic mass is 32.2. The molecule has 0 radical (unpaired) electrons. The molecular weight excluding hydrogens is 317 g/mol. The van der Waals surface area contributed by atoms with Gasteiger partial charge in [0.2, 0.25) is 5.91 Å². The molecule has 0 bridgehead atoms. The first kappa shape index (κ1) is 15.4. The van der Waals surface area contributed by atoms with E-state index in [4.69, 9.17) is 5.73 Å². The quantitative estimate of drug-likeness (QED) is 0.725. The van der Waals surface area contributed by atoms with Crippen molar-refractivity contribution in [2.24, 2.45) is 5.73 Å². The van der Waals surface area contributed by atoms with Gasteiger partial charge in [0, 0.05) is 5.56 Å². The molecule has 3 rings (SSSR count). The molecule has 8 heteroatoms. The van der Waals surface area contributed by atoms with Gasteiger partial charge in [0.1, 0.15) is 10.8 Å². The van der Waals surface area contributed by atoms with E-state index in [-0.39, 0.29) is 17.0 Å². The lowest BCUT2D eigenvalue weighted by atomic mass is 10.2. The van der Waals surface area contributed by atoms with Crippen molar-refractivity contribution in [3.63, 3.8) is 0 Å². The van der Waals surface area contributed by atoms with E-state index in [9.17, 15) is 9.18 Å². The van der Waals surface area contributed by atoms with Crippen LogP contribution in [0.1, 0.15) is 13.3 Å². The van der Waals surface area contributed by atoms with Crippen LogP contribution in [0.2, 0.25) is 0 Å². The molecule has 2 N–H and O–H groups in total. The van der Waals surface area contributed by atoms with Crippen LogP contribution in [0, 0.1) is 5.82 Å². The van der Waals surface area contributed by atoms with Gasteiger partial charge in [-0.05, 0) is 30.7 Å². The number of thioether (sulfide) groups is 1. The van der Waals surface area contributed by atoms with Crippen LogP contribution in [0.4, 0.5) is 4.39 Å². The molecule has 0 aliphatic heterocycles. The highest BCUT2D eigenvalue weighted by Crippen LogP contribution is 2.25. The fourth-order valence-corrected chi connectivity index (χ4v) is 2.98. The van der Waals surface area contributed by atoms with Gasteiger partial charge in [0.15, 0.2) is 11.5 Å². The van der Waals surface area contributed by atoms with Crippen molar-refractivity contribution in [3.8, 4) is 11.4 Å². The maximum absolute atomic E-state index is 13.4. The molecule has 118 valence electrons. The Morgan fingerprint density at radius 2 is 2.17 bits per heavy atom. The predicted octanol–water partition coefficient (Wildman–Crippen LogP) is 2.29. The molecule has 0 saturated heterocycles. The van der Waals surface area contributed by atoms with E-state index in [0.29, 0.717) is 28.5 Å². The van der Waals surface area contributed by atoms with Gasteiger partial charge >= 0.3 is 0 Å². The molecule has 0 aliphatic carbocycles. The Labute approximate surface area is 135 Å². The van der Waals surface area contributed by atoms with Crippen LogP contribution in [0.3, 0.4) is 0 Å². The van der Waals surface area contributed by atoms with Crippen LogP contribution in [-0.4, -0.2) is 31.0 Å². The van der Waals surface area contributed by atoms with Crippen LogP contribution in [0.5, 0.6) is 0 Å². The summed E-state index contributed by atoms with van der Waals surface area (Å²) in [5, 5.41) is 12.8. The van der Waals surface area contributed by atoms with Crippen molar-refractivity contribution in [1.29, 1.82) is 0 Å². The number of nitrogens with two attached hydrogens (primary N) is 1. The maximum atomic E-state index is 13.4. The fourth-order valence-electron chi connectivity index (χ4n) is 2.13. The van der Waals surface area contributed by atoms with Gasteiger partial charge in [-0.2, -0.15) is 9.61 Å². The number of nitrogens with zero attached hydrogens (tertiary/aromatic N) is 4. The topological polar surface area (TPSA) is 86.2 Å². The second-order valence-electron chi connectivity index (χ2n) is 4.89. The average Bonchev–Trinajstić information content (AvgIpc) is 2.95. The summed E-state index contributed by atoms with van der Waals surface area (Å²) >= 11 is 1.29. The zero-order valence-corrected chi connectivity index (χ0v) is 13.1. The Morgan fingerprint density at radius 3 is 2.87 bits per heavy atom. The van der Waals surface area contributed by atoms with Gasteiger partial charge in [-0.3, -0.25) is 4.79 Å². The van der Waals surface area contributed by atoms with Crippen molar-refractivity contribution in [3.05, 3.63) is 42.2 Å². The van der Waals surface area contributed by atoms with E-state index in [2.05, 4.69) is 15.3 Å². The zero-order valence-electron chi connectivity index (χ0n) is 12.3. The Bertz CT molecular complexity index is 866. The molecule has 0 spiro atoms. The number of benzene rings is 1. The lowest BCUT2D eigenvalue weighted by molar-refractivity contribution is -0.117. The molecule has 0 aliphatic rings. The number of carbonyl (C=O) groups excluding carboxylic acids is 1. The molecule has 3 aromatic rings. The van der Waals surface area contributed by atoms with Crippen molar-refractivity contribution >= 4 is 23.3 Å². The third-order valence-corrected chi connectivity index (χ3v) is 4.58. The lowest BCUT2D eigenvalue weighted by Crippen LogP contribution is -2.25. The van der Waals surface area contributed by atoms with Crippen LogP contribution >= 0.6 is 11.8 Å². The molecule has 1 amide bonds. The standard InChI is InChI=1S/C15H14FN5OS/c1-2-11(14(17)22)23-13-7-6-12-18-19-15(21(12)20-13)9-4-3-5-10(16)8-9/h3-8,11H,2H2,1H3,(H2,17,22). The predicted molar refractivity (Wildman–Crippen MR) is 85.3 cm³/mol. The van der Waals surface area contributed by atoms with Gasteiger partial charge in [0.25, 0.3) is 0 Å². The monoisotopic (exact) mass is 331 g/mol. The summed E-state index contributed by atoms with van der Waals surface area (Å²) in [6, 6.07) is 9.58. The van der Waals surface area contributed by atoms with E-state index in [0.717, 1.165) is 0 Å². The Morgan fingerprint density at radius 1 is 1.35 bits per heavy atom. The smallest absolute Gasteiger partial charge is 0.230 e. The van der Waals surface area contributed by atoms with Crippen molar-refractivity contribution in [2.75, 3.05) is 0 Å². The normalized spacial score (nSPS) is 12.4. The summed E-state index contributed by atoms with van der Waals surface area (Å²) in [6.07, 6.45) is 0.610. The van der Waals surface area contributed by atoms with Crippen LogP contribution in [0.15, 0.2) is 41.4 Å². The van der Waals surface area contributed by atoms with Gasteiger partial charge in [-0.15, -0.1) is 10.2 Å². The van der Waals surface area contributed by atoms with E-state index in [1.807, 2.05) is 6.92 Å². The number of carbonyl (C=O) groups is 1. The van der Waals surface area contributed by atoms with E-state index >= 15 is 0 Å². The van der Waals surface area contributed by atoms with Gasteiger partial charge < -0.3 is 5.73 Å². The highest BCUT2D eigenvalue weighted by Gasteiger charge is 2.17. The Kier molecular flexibility index (Phi) is 4.24. The van der Waals surface area contributed by atoms with Crippen molar-refractivity contribution in [1.82, 2.24) is 19.8 Å². The highest BCUT2D eigenvalue weighted by molar-refractivity contribution is 8.00. The average molecular weight is 331 g/mol. The molecule has 0 saturated carbocycles. The molecule has 1 unspecified atom stereocenters. The number of fused-ring (bicyclic) bond motifs is 1. The molecule has 1 aromatic carbocycles. The number of primary amides is 1. The summed E-state index contributed by atoms with van der Waals surface area (Å²) in [7, 11) is 0. The second kappa shape index (κ2) is 6.33. The van der Waals surface area contributed by atoms with Crippen LogP contribution < -0.4 is 5.73 Å². The lowest BCUT2D eigenvalue weighted by Gasteiger charge is -2.09. The Balaban J connectivity index is 2.02. The first-order valence-electron chi connectivity index (χ1n) is 7.03. The Hall–Kier alpha value is -2.48. The molecular formula is C15H14FN5OS. The third-order valence-electron chi connectivity index (χ3n) is 3.27. The van der Waals surface area contributed by atoms with Gasteiger partial charge in [-0.1, -0.05) is 30.8 Å². The molecule has 2 heterocycles. The fraction of sp³-hybridized carbons (Fsp3) is 0.200. The maximum Gasteiger partial charge on any atom is 0.230 e. The number of rotatable bonds is 5. The van der Waals surface area contributed by atoms with E-state index in [1.54, 1.807) is 24.3 Å². The molecule has 1 atom stereocenters.